The molecular weight excluding hydrogens is 232 g/mol. The van der Waals surface area contributed by atoms with Crippen LogP contribution in [0.25, 0.3) is 0 Å². The van der Waals surface area contributed by atoms with Gasteiger partial charge in [-0.05, 0) is 27.2 Å². The van der Waals surface area contributed by atoms with Crippen LogP contribution in [0.1, 0.15) is 52.9 Å². The molecule has 0 saturated heterocycles. The average molecular weight is 261 g/mol. The molecule has 3 nitrogen and oxygen atoms in total. The molecule has 0 spiro atoms. The molecule has 1 radical (unpaired) electrons. The molecule has 17 heavy (non-hydrogen) atoms. The van der Waals surface area contributed by atoms with Crippen LogP contribution in [-0.4, -0.2) is 28.6 Å². The summed E-state index contributed by atoms with van der Waals surface area (Å²) < 4.78 is 17.4. The van der Waals surface area contributed by atoms with Crippen molar-refractivity contribution in [3.8, 4) is 0 Å². The van der Waals surface area contributed by atoms with Gasteiger partial charge in [0.05, 0.1) is 0 Å². The average Bonchev–Trinajstić information content (AvgIpc) is 2.30. The molecule has 0 aromatic rings. The van der Waals surface area contributed by atoms with Gasteiger partial charge in [-0.25, -0.2) is 0 Å². The Balaban J connectivity index is 4.05. The van der Waals surface area contributed by atoms with Crippen LogP contribution in [0, 0.1) is 6.92 Å². The van der Waals surface area contributed by atoms with Crippen molar-refractivity contribution in [1.29, 1.82) is 0 Å². The Bertz CT molecular complexity index is 148. The maximum absolute atomic E-state index is 5.80. The van der Waals surface area contributed by atoms with E-state index in [9.17, 15) is 0 Å². The Morgan fingerprint density at radius 1 is 0.765 bits per heavy atom. The summed E-state index contributed by atoms with van der Waals surface area (Å²) in [4.78, 5) is 0. The van der Waals surface area contributed by atoms with Gasteiger partial charge in [0.2, 0.25) is 0 Å². The van der Waals surface area contributed by atoms with Gasteiger partial charge in [-0.15, -0.1) is 0 Å². The summed E-state index contributed by atoms with van der Waals surface area (Å²) in [5.74, 6) is 0. The van der Waals surface area contributed by atoms with Crippen molar-refractivity contribution in [2.75, 3.05) is 19.8 Å². The van der Waals surface area contributed by atoms with Crippen molar-refractivity contribution < 1.29 is 13.3 Å². The molecule has 0 aromatic carbocycles. The van der Waals surface area contributed by atoms with E-state index in [-0.39, 0.29) is 0 Å². The zero-order valence-electron chi connectivity index (χ0n) is 11.8. The largest absolute Gasteiger partial charge is 0.500 e. The van der Waals surface area contributed by atoms with Gasteiger partial charge in [0.15, 0.2) is 0 Å². The lowest BCUT2D eigenvalue weighted by atomic mass is 10.2. The van der Waals surface area contributed by atoms with Gasteiger partial charge in [-0.1, -0.05) is 32.6 Å². The fourth-order valence-electron chi connectivity index (χ4n) is 1.87. The van der Waals surface area contributed by atoms with Crippen molar-refractivity contribution in [2.45, 2.75) is 58.9 Å². The minimum absolute atomic E-state index is 0.672. The molecule has 0 saturated carbocycles. The van der Waals surface area contributed by atoms with Crippen LogP contribution in [0.5, 0.6) is 0 Å². The molecule has 0 N–H and O–H groups in total. The van der Waals surface area contributed by atoms with Crippen LogP contribution in [0.15, 0.2) is 0 Å². The third-order valence-electron chi connectivity index (χ3n) is 2.58. The van der Waals surface area contributed by atoms with Crippen molar-refractivity contribution in [3.63, 3.8) is 0 Å². The number of hydrogen-bond donors (Lipinski definition) is 0. The van der Waals surface area contributed by atoms with E-state index in [1.54, 1.807) is 0 Å². The van der Waals surface area contributed by atoms with Gasteiger partial charge >= 0.3 is 8.80 Å². The lowest BCUT2D eigenvalue weighted by Gasteiger charge is -2.28. The predicted octanol–water partition coefficient (Wildman–Crippen LogP) is 3.82. The summed E-state index contributed by atoms with van der Waals surface area (Å²) in [5, 5.41) is 0. The van der Waals surface area contributed by atoms with Crippen LogP contribution >= 0.6 is 0 Å². The SMILES string of the molecule is [CH2]CCCCCC[Si](OCC)(OCC)OCC. The molecule has 4 heteroatoms. The van der Waals surface area contributed by atoms with Gasteiger partial charge in [0, 0.05) is 25.9 Å². The summed E-state index contributed by atoms with van der Waals surface area (Å²) in [6.45, 7) is 11.9. The monoisotopic (exact) mass is 261 g/mol. The van der Waals surface area contributed by atoms with E-state index in [1.807, 2.05) is 20.8 Å². The number of hydrogen-bond acceptors (Lipinski definition) is 3. The Morgan fingerprint density at radius 2 is 1.24 bits per heavy atom. The lowest BCUT2D eigenvalue weighted by molar-refractivity contribution is 0.0706. The first kappa shape index (κ1) is 17.1. The second-order valence-corrected chi connectivity index (χ2v) is 6.73. The molecule has 0 rings (SSSR count). The molecule has 0 unspecified atom stereocenters. The minimum Gasteiger partial charge on any atom is -0.374 e. The number of rotatable bonds is 12. The zero-order valence-corrected chi connectivity index (χ0v) is 12.8. The van der Waals surface area contributed by atoms with Gasteiger partial charge in [-0.2, -0.15) is 0 Å². The first-order valence-electron chi connectivity index (χ1n) is 6.95. The topological polar surface area (TPSA) is 27.7 Å². The molecule has 0 aromatic heterocycles. The van der Waals surface area contributed by atoms with E-state index in [0.717, 1.165) is 18.9 Å². The second kappa shape index (κ2) is 11.2. The Labute approximate surface area is 108 Å². The van der Waals surface area contributed by atoms with E-state index in [2.05, 4.69) is 6.92 Å². The van der Waals surface area contributed by atoms with Crippen LogP contribution in [-0.2, 0) is 13.3 Å². The van der Waals surface area contributed by atoms with Crippen molar-refractivity contribution in [2.24, 2.45) is 0 Å². The Kier molecular flexibility index (Phi) is 11.3. The van der Waals surface area contributed by atoms with Crippen molar-refractivity contribution in [3.05, 3.63) is 6.92 Å². The zero-order chi connectivity index (χ0) is 13.0. The lowest BCUT2D eigenvalue weighted by Crippen LogP contribution is -2.45. The standard InChI is InChI=1S/C13H29O3Si/c1-5-9-10-11-12-13-17(14-6-2,15-7-3)16-8-4/h1,5-13H2,2-4H3. The fraction of sp³-hybridized carbons (Fsp3) is 0.923. The Morgan fingerprint density at radius 3 is 1.65 bits per heavy atom. The maximum atomic E-state index is 5.80. The van der Waals surface area contributed by atoms with E-state index < -0.39 is 8.80 Å². The molecule has 0 bridgehead atoms. The highest BCUT2D eigenvalue weighted by molar-refractivity contribution is 6.60. The third-order valence-corrected chi connectivity index (χ3v) is 5.73. The molecule has 0 aliphatic heterocycles. The quantitative estimate of drug-likeness (QED) is 0.395. The first-order chi connectivity index (χ1) is 8.24. The van der Waals surface area contributed by atoms with E-state index in [0.29, 0.717) is 19.8 Å². The maximum Gasteiger partial charge on any atom is 0.500 e. The molecular formula is C13H29O3Si. The minimum atomic E-state index is -2.37. The van der Waals surface area contributed by atoms with Crippen LogP contribution in [0.4, 0.5) is 0 Å². The summed E-state index contributed by atoms with van der Waals surface area (Å²) in [6, 6.07) is 0.944. The molecule has 103 valence electrons. The van der Waals surface area contributed by atoms with Gasteiger partial charge in [0.25, 0.3) is 0 Å². The van der Waals surface area contributed by atoms with Crippen LogP contribution < -0.4 is 0 Å². The van der Waals surface area contributed by atoms with E-state index >= 15 is 0 Å². The Hall–Kier alpha value is 0.0969. The summed E-state index contributed by atoms with van der Waals surface area (Å²) in [6.07, 6.45) is 5.85. The highest BCUT2D eigenvalue weighted by Crippen LogP contribution is 2.20. The first-order valence-corrected chi connectivity index (χ1v) is 8.89. The second-order valence-electron chi connectivity index (χ2n) is 4.00. The van der Waals surface area contributed by atoms with Crippen LogP contribution in [0.2, 0.25) is 6.04 Å². The van der Waals surface area contributed by atoms with Crippen molar-refractivity contribution in [1.82, 2.24) is 0 Å². The molecule has 0 amide bonds. The highest BCUT2D eigenvalue weighted by Gasteiger charge is 2.39. The van der Waals surface area contributed by atoms with Gasteiger partial charge in [0.1, 0.15) is 0 Å². The molecule has 0 aliphatic carbocycles. The summed E-state index contributed by atoms with van der Waals surface area (Å²) >= 11 is 0. The predicted molar refractivity (Wildman–Crippen MR) is 73.9 cm³/mol. The summed E-state index contributed by atoms with van der Waals surface area (Å²) in [5.41, 5.74) is 0. The summed E-state index contributed by atoms with van der Waals surface area (Å²) in [7, 11) is -2.37. The van der Waals surface area contributed by atoms with Gasteiger partial charge in [-0.3, -0.25) is 0 Å². The molecule has 0 atom stereocenters. The smallest absolute Gasteiger partial charge is 0.374 e. The van der Waals surface area contributed by atoms with E-state index in [1.165, 1.54) is 19.3 Å². The van der Waals surface area contributed by atoms with E-state index in [4.69, 9.17) is 13.3 Å². The molecule has 0 aliphatic rings. The fourth-order valence-corrected chi connectivity index (χ4v) is 4.56. The van der Waals surface area contributed by atoms with Gasteiger partial charge < -0.3 is 13.3 Å². The van der Waals surface area contributed by atoms with Crippen LogP contribution in [0.3, 0.4) is 0 Å². The molecule has 0 heterocycles. The number of unbranched alkanes of at least 4 members (excludes halogenated alkanes) is 4. The molecule has 0 fully saturated rings. The normalized spacial score (nSPS) is 12.0. The third kappa shape index (κ3) is 7.92. The van der Waals surface area contributed by atoms with Crippen molar-refractivity contribution >= 4 is 8.80 Å². The highest BCUT2D eigenvalue weighted by atomic mass is 28.4.